The normalized spacial score (nSPS) is 16.6. The molecule has 0 N–H and O–H groups in total. The lowest BCUT2D eigenvalue weighted by Crippen LogP contribution is -2.29. The van der Waals surface area contributed by atoms with Crippen LogP contribution in [-0.4, -0.2) is 43.1 Å². The van der Waals surface area contributed by atoms with Gasteiger partial charge in [-0.25, -0.2) is 8.78 Å². The molecule has 0 spiro atoms. The molecule has 1 amide bonds. The Labute approximate surface area is 150 Å². The second kappa shape index (κ2) is 7.68. The van der Waals surface area contributed by atoms with Crippen LogP contribution in [0.15, 0.2) is 30.3 Å². The molecule has 1 aromatic heterocycles. The molecule has 0 bridgehead atoms. The van der Waals surface area contributed by atoms with E-state index in [1.807, 2.05) is 0 Å². The van der Waals surface area contributed by atoms with Gasteiger partial charge in [-0.05, 0) is 42.5 Å². The van der Waals surface area contributed by atoms with Crippen LogP contribution in [0.1, 0.15) is 22.3 Å². The first kappa shape index (κ1) is 18.1. The van der Waals surface area contributed by atoms with Crippen LogP contribution in [-0.2, 0) is 6.42 Å². The van der Waals surface area contributed by atoms with E-state index >= 15 is 0 Å². The minimum Gasteiger partial charge on any atom is -0.481 e. The minimum atomic E-state index is -0.583. The average molecular weight is 362 g/mol. The Hall–Kier alpha value is -2.70. The molecule has 1 atom stereocenters. The Kier molecular flexibility index (Phi) is 5.35. The molecule has 26 heavy (non-hydrogen) atoms. The first-order valence-corrected chi connectivity index (χ1v) is 8.33. The van der Waals surface area contributed by atoms with E-state index < -0.39 is 11.6 Å². The molecule has 1 saturated heterocycles. The summed E-state index contributed by atoms with van der Waals surface area (Å²) in [6, 6.07) is 6.77. The number of ether oxygens (including phenoxy) is 2. The van der Waals surface area contributed by atoms with E-state index in [4.69, 9.17) is 9.47 Å². The van der Waals surface area contributed by atoms with Crippen LogP contribution in [0.3, 0.4) is 0 Å². The number of carbonyl (C=O) groups is 1. The third-order valence-corrected chi connectivity index (χ3v) is 4.49. The van der Waals surface area contributed by atoms with E-state index in [1.165, 1.54) is 26.4 Å². The topological polar surface area (TPSA) is 51.7 Å². The molecule has 3 rings (SSSR count). The van der Waals surface area contributed by atoms with E-state index in [2.05, 4.69) is 4.98 Å². The summed E-state index contributed by atoms with van der Waals surface area (Å²) in [5.41, 5.74) is 0.969. The summed E-state index contributed by atoms with van der Waals surface area (Å²) in [5, 5.41) is 0. The highest BCUT2D eigenvalue weighted by molar-refractivity contribution is 5.96. The van der Waals surface area contributed by atoms with Crippen molar-refractivity contribution in [1.82, 2.24) is 9.88 Å². The second-order valence-corrected chi connectivity index (χ2v) is 6.30. The fourth-order valence-electron chi connectivity index (χ4n) is 3.27. The van der Waals surface area contributed by atoms with Crippen LogP contribution in [0.2, 0.25) is 0 Å². The number of hydrogen-bond donors (Lipinski definition) is 0. The number of methoxy groups -OCH3 is 2. The Bertz CT molecular complexity index is 793. The molecule has 1 aromatic carbocycles. The standard InChI is InChI=1S/C19H20F2N2O3/c1-25-17-4-3-16(18(22-17)26-2)19(24)23-6-5-12(11-23)7-13-8-14(20)10-15(21)9-13/h3-4,8-10,12H,5-7,11H2,1-2H3. The van der Waals surface area contributed by atoms with Gasteiger partial charge in [0, 0.05) is 25.2 Å². The highest BCUT2D eigenvalue weighted by Crippen LogP contribution is 2.26. The van der Waals surface area contributed by atoms with Crippen LogP contribution in [0.5, 0.6) is 11.8 Å². The van der Waals surface area contributed by atoms with Crippen molar-refractivity contribution in [3.8, 4) is 11.8 Å². The molecule has 1 aliphatic heterocycles. The molecule has 2 aromatic rings. The SMILES string of the molecule is COc1ccc(C(=O)N2CCC(Cc3cc(F)cc(F)c3)C2)c(OC)n1. The van der Waals surface area contributed by atoms with E-state index in [9.17, 15) is 13.6 Å². The van der Waals surface area contributed by atoms with Crippen LogP contribution >= 0.6 is 0 Å². The Morgan fingerprint density at radius 3 is 2.58 bits per heavy atom. The van der Waals surface area contributed by atoms with Gasteiger partial charge in [-0.3, -0.25) is 4.79 Å². The van der Waals surface area contributed by atoms with Crippen molar-refractivity contribution in [2.45, 2.75) is 12.8 Å². The number of benzene rings is 1. The van der Waals surface area contributed by atoms with Gasteiger partial charge in [0.15, 0.2) is 0 Å². The zero-order chi connectivity index (χ0) is 18.7. The number of aromatic nitrogens is 1. The fourth-order valence-corrected chi connectivity index (χ4v) is 3.27. The monoisotopic (exact) mass is 362 g/mol. The van der Waals surface area contributed by atoms with Gasteiger partial charge in [-0.15, -0.1) is 0 Å². The largest absolute Gasteiger partial charge is 0.481 e. The van der Waals surface area contributed by atoms with Gasteiger partial charge in [0.2, 0.25) is 11.8 Å². The van der Waals surface area contributed by atoms with Crippen molar-refractivity contribution in [1.29, 1.82) is 0 Å². The summed E-state index contributed by atoms with van der Waals surface area (Å²) in [6.45, 7) is 1.10. The van der Waals surface area contributed by atoms with Gasteiger partial charge in [0.05, 0.1) is 14.2 Å². The molecule has 1 unspecified atom stereocenters. The summed E-state index contributed by atoms with van der Waals surface area (Å²) in [5.74, 6) is -0.613. The lowest BCUT2D eigenvalue weighted by molar-refractivity contribution is 0.0782. The van der Waals surface area contributed by atoms with Gasteiger partial charge in [-0.2, -0.15) is 4.98 Å². The molecule has 2 heterocycles. The van der Waals surface area contributed by atoms with Gasteiger partial charge in [-0.1, -0.05) is 0 Å². The Morgan fingerprint density at radius 1 is 1.19 bits per heavy atom. The fraction of sp³-hybridized carbons (Fsp3) is 0.368. The van der Waals surface area contributed by atoms with Crippen molar-refractivity contribution < 1.29 is 23.0 Å². The van der Waals surface area contributed by atoms with E-state index in [0.29, 0.717) is 36.5 Å². The van der Waals surface area contributed by atoms with Crippen molar-refractivity contribution in [2.24, 2.45) is 5.92 Å². The Balaban J connectivity index is 1.69. The number of rotatable bonds is 5. The molecule has 1 aliphatic rings. The first-order valence-electron chi connectivity index (χ1n) is 8.33. The number of halogens is 2. The quantitative estimate of drug-likeness (QED) is 0.820. The number of nitrogens with zero attached hydrogens (tertiary/aromatic N) is 2. The minimum absolute atomic E-state index is 0.150. The summed E-state index contributed by atoms with van der Waals surface area (Å²) >= 11 is 0. The van der Waals surface area contributed by atoms with E-state index in [0.717, 1.165) is 12.5 Å². The zero-order valence-electron chi connectivity index (χ0n) is 14.7. The maximum absolute atomic E-state index is 13.3. The number of pyridine rings is 1. The zero-order valence-corrected chi connectivity index (χ0v) is 14.7. The van der Waals surface area contributed by atoms with Crippen molar-refractivity contribution in [3.63, 3.8) is 0 Å². The van der Waals surface area contributed by atoms with Crippen LogP contribution in [0.4, 0.5) is 8.78 Å². The summed E-state index contributed by atoms with van der Waals surface area (Å²) in [7, 11) is 2.94. The lowest BCUT2D eigenvalue weighted by Gasteiger charge is -2.18. The molecule has 7 heteroatoms. The van der Waals surface area contributed by atoms with Gasteiger partial charge >= 0.3 is 0 Å². The molecule has 0 radical (unpaired) electrons. The van der Waals surface area contributed by atoms with Crippen molar-refractivity contribution >= 4 is 5.91 Å². The smallest absolute Gasteiger partial charge is 0.259 e. The second-order valence-electron chi connectivity index (χ2n) is 6.30. The van der Waals surface area contributed by atoms with Crippen molar-refractivity contribution in [2.75, 3.05) is 27.3 Å². The molecule has 138 valence electrons. The summed E-state index contributed by atoms with van der Waals surface area (Å²) in [6.07, 6.45) is 1.30. The maximum Gasteiger partial charge on any atom is 0.259 e. The lowest BCUT2D eigenvalue weighted by atomic mass is 9.98. The predicted molar refractivity (Wildman–Crippen MR) is 91.4 cm³/mol. The van der Waals surface area contributed by atoms with Gasteiger partial charge < -0.3 is 14.4 Å². The Morgan fingerprint density at radius 2 is 1.92 bits per heavy atom. The maximum atomic E-state index is 13.3. The predicted octanol–water partition coefficient (Wildman–Crippen LogP) is 3.08. The molecule has 0 saturated carbocycles. The third kappa shape index (κ3) is 3.92. The van der Waals surface area contributed by atoms with Crippen LogP contribution in [0, 0.1) is 17.6 Å². The number of likely N-dealkylation sites (tertiary alicyclic amines) is 1. The third-order valence-electron chi connectivity index (χ3n) is 4.49. The summed E-state index contributed by atoms with van der Waals surface area (Å²) < 4.78 is 36.9. The van der Waals surface area contributed by atoms with Crippen molar-refractivity contribution in [3.05, 3.63) is 53.1 Å². The van der Waals surface area contributed by atoms with Gasteiger partial charge in [0.25, 0.3) is 5.91 Å². The number of carbonyl (C=O) groups excluding carboxylic acids is 1. The first-order chi connectivity index (χ1) is 12.5. The number of amides is 1. The van der Waals surface area contributed by atoms with Gasteiger partial charge in [0.1, 0.15) is 17.2 Å². The molecule has 5 nitrogen and oxygen atoms in total. The summed E-state index contributed by atoms with van der Waals surface area (Å²) in [4.78, 5) is 18.6. The average Bonchev–Trinajstić information content (AvgIpc) is 3.08. The molecular weight excluding hydrogens is 342 g/mol. The molecule has 0 aliphatic carbocycles. The van der Waals surface area contributed by atoms with Crippen LogP contribution < -0.4 is 9.47 Å². The highest BCUT2D eigenvalue weighted by Gasteiger charge is 2.29. The van der Waals surface area contributed by atoms with E-state index in [-0.39, 0.29) is 17.7 Å². The molecular formula is C19H20F2N2O3. The van der Waals surface area contributed by atoms with E-state index in [1.54, 1.807) is 17.0 Å². The number of hydrogen-bond acceptors (Lipinski definition) is 4. The van der Waals surface area contributed by atoms with Crippen LogP contribution in [0.25, 0.3) is 0 Å². The highest BCUT2D eigenvalue weighted by atomic mass is 19.1. The molecule has 1 fully saturated rings.